The van der Waals surface area contributed by atoms with Gasteiger partial charge in [-0.3, -0.25) is 4.79 Å². The highest BCUT2D eigenvalue weighted by atomic mass is 32.2. The molecule has 7 nitrogen and oxygen atoms in total. The first kappa shape index (κ1) is 16.0. The Morgan fingerprint density at radius 2 is 2.05 bits per heavy atom. The summed E-state index contributed by atoms with van der Waals surface area (Å²) >= 11 is 0. The number of morpholine rings is 1. The predicted octanol–water partition coefficient (Wildman–Crippen LogP) is 0.448. The van der Waals surface area contributed by atoms with Crippen molar-refractivity contribution in [1.82, 2.24) is 9.62 Å². The molecule has 2 rings (SSSR count). The van der Waals surface area contributed by atoms with Crippen LogP contribution in [0.1, 0.15) is 24.4 Å². The van der Waals surface area contributed by atoms with E-state index in [4.69, 9.17) is 9.15 Å². The van der Waals surface area contributed by atoms with Gasteiger partial charge in [0, 0.05) is 19.6 Å². The van der Waals surface area contributed by atoms with E-state index in [1.807, 2.05) is 13.8 Å². The largest absolute Gasteiger partial charge is 0.459 e. The standard InChI is InChI=1S/C13H20N2O5S/c1-10-8-15(9-11(2)20-10)21(17,18)7-5-14-13(16)12-4-3-6-19-12/h3-4,6,10-11H,5,7-9H2,1-2H3,(H,14,16). The van der Waals surface area contributed by atoms with Gasteiger partial charge in [0.2, 0.25) is 10.0 Å². The van der Waals surface area contributed by atoms with Gasteiger partial charge in [-0.2, -0.15) is 4.31 Å². The van der Waals surface area contributed by atoms with E-state index in [1.54, 1.807) is 6.07 Å². The summed E-state index contributed by atoms with van der Waals surface area (Å²) in [6.07, 6.45) is 1.14. The van der Waals surface area contributed by atoms with Crippen molar-refractivity contribution in [2.75, 3.05) is 25.4 Å². The van der Waals surface area contributed by atoms with Crippen molar-refractivity contribution in [2.45, 2.75) is 26.1 Å². The molecule has 0 bridgehead atoms. The van der Waals surface area contributed by atoms with Crippen molar-refractivity contribution in [1.29, 1.82) is 0 Å². The SMILES string of the molecule is CC1CN(S(=O)(=O)CCNC(=O)c2ccco2)CC(C)O1. The third-order valence-corrected chi connectivity index (χ3v) is 4.97. The molecule has 0 radical (unpaired) electrons. The van der Waals surface area contributed by atoms with Gasteiger partial charge in [-0.1, -0.05) is 0 Å². The highest BCUT2D eigenvalue weighted by Gasteiger charge is 2.30. The lowest BCUT2D eigenvalue weighted by atomic mass is 10.3. The smallest absolute Gasteiger partial charge is 0.287 e. The van der Waals surface area contributed by atoms with E-state index in [0.717, 1.165) is 0 Å². The fraction of sp³-hybridized carbons (Fsp3) is 0.615. The molecule has 0 saturated carbocycles. The first-order chi connectivity index (χ1) is 9.88. The van der Waals surface area contributed by atoms with Gasteiger partial charge in [-0.05, 0) is 26.0 Å². The number of nitrogens with one attached hydrogen (secondary N) is 1. The zero-order valence-electron chi connectivity index (χ0n) is 12.1. The lowest BCUT2D eigenvalue weighted by molar-refractivity contribution is -0.0440. The number of nitrogens with zero attached hydrogens (tertiary/aromatic N) is 1. The number of carbonyl (C=O) groups excluding carboxylic acids is 1. The molecular formula is C13H20N2O5S. The van der Waals surface area contributed by atoms with Gasteiger partial charge in [-0.15, -0.1) is 0 Å². The topological polar surface area (TPSA) is 88.9 Å². The van der Waals surface area contributed by atoms with Crippen LogP contribution in [-0.2, 0) is 14.8 Å². The summed E-state index contributed by atoms with van der Waals surface area (Å²) in [6, 6.07) is 3.12. The Morgan fingerprint density at radius 1 is 1.38 bits per heavy atom. The minimum absolute atomic E-state index is 0.0436. The molecule has 118 valence electrons. The number of furan rings is 1. The number of ether oxygens (including phenoxy) is 1. The number of rotatable bonds is 5. The van der Waals surface area contributed by atoms with Crippen LogP contribution in [0.4, 0.5) is 0 Å². The molecule has 2 unspecified atom stereocenters. The molecule has 1 saturated heterocycles. The third-order valence-electron chi connectivity index (χ3n) is 3.17. The van der Waals surface area contributed by atoms with Crippen LogP contribution in [0.3, 0.4) is 0 Å². The molecule has 0 aliphatic carbocycles. The molecule has 8 heteroatoms. The Hall–Kier alpha value is -1.38. The molecule has 1 N–H and O–H groups in total. The Labute approximate surface area is 124 Å². The van der Waals surface area contributed by atoms with Crippen molar-refractivity contribution in [3.8, 4) is 0 Å². The van der Waals surface area contributed by atoms with E-state index in [-0.39, 0.29) is 30.3 Å². The quantitative estimate of drug-likeness (QED) is 0.852. The third kappa shape index (κ3) is 4.29. The van der Waals surface area contributed by atoms with Crippen LogP contribution in [-0.4, -0.2) is 56.2 Å². The summed E-state index contributed by atoms with van der Waals surface area (Å²) in [5.74, 6) is -0.390. The second-order valence-electron chi connectivity index (χ2n) is 5.12. The summed E-state index contributed by atoms with van der Waals surface area (Å²) in [5.41, 5.74) is 0. The van der Waals surface area contributed by atoms with Crippen molar-refractivity contribution >= 4 is 15.9 Å². The maximum atomic E-state index is 12.2. The summed E-state index contributed by atoms with van der Waals surface area (Å²) in [4.78, 5) is 11.6. The average molecular weight is 316 g/mol. The normalized spacial score (nSPS) is 23.9. The molecule has 1 aromatic rings. The molecule has 0 aromatic carbocycles. The maximum absolute atomic E-state index is 12.2. The van der Waals surface area contributed by atoms with E-state index in [2.05, 4.69) is 5.32 Å². The Bertz CT molecular complexity index is 559. The Morgan fingerprint density at radius 3 is 2.62 bits per heavy atom. The molecule has 0 spiro atoms. The van der Waals surface area contributed by atoms with Gasteiger partial charge in [0.25, 0.3) is 5.91 Å². The monoisotopic (exact) mass is 316 g/mol. The minimum Gasteiger partial charge on any atom is -0.459 e. The molecule has 1 aliphatic heterocycles. The molecule has 1 aromatic heterocycles. The summed E-state index contributed by atoms with van der Waals surface area (Å²) in [6.45, 7) is 4.42. The second kappa shape index (κ2) is 6.59. The average Bonchev–Trinajstić information content (AvgIpc) is 2.91. The summed E-state index contributed by atoms with van der Waals surface area (Å²) in [5, 5.41) is 2.53. The van der Waals surface area contributed by atoms with E-state index in [9.17, 15) is 13.2 Å². The van der Waals surface area contributed by atoms with Crippen molar-refractivity contribution in [2.24, 2.45) is 0 Å². The van der Waals surface area contributed by atoms with Gasteiger partial charge in [0.05, 0.1) is 24.2 Å². The minimum atomic E-state index is -3.41. The number of hydrogen-bond donors (Lipinski definition) is 1. The van der Waals surface area contributed by atoms with Gasteiger partial charge in [0.1, 0.15) is 0 Å². The van der Waals surface area contributed by atoms with Crippen LogP contribution in [0, 0.1) is 0 Å². The van der Waals surface area contributed by atoms with Crippen molar-refractivity contribution in [3.63, 3.8) is 0 Å². The van der Waals surface area contributed by atoms with Gasteiger partial charge >= 0.3 is 0 Å². The highest BCUT2D eigenvalue weighted by molar-refractivity contribution is 7.89. The molecule has 2 heterocycles. The Kier molecular flexibility index (Phi) is 5.02. The molecule has 1 fully saturated rings. The number of amides is 1. The molecule has 2 atom stereocenters. The molecular weight excluding hydrogens is 296 g/mol. The fourth-order valence-corrected chi connectivity index (χ4v) is 3.77. The van der Waals surface area contributed by atoms with E-state index in [1.165, 1.54) is 16.6 Å². The van der Waals surface area contributed by atoms with Gasteiger partial charge < -0.3 is 14.5 Å². The van der Waals surface area contributed by atoms with Crippen LogP contribution < -0.4 is 5.32 Å². The summed E-state index contributed by atoms with van der Waals surface area (Å²) < 4.78 is 36.4. The molecule has 21 heavy (non-hydrogen) atoms. The summed E-state index contributed by atoms with van der Waals surface area (Å²) in [7, 11) is -3.41. The van der Waals surface area contributed by atoms with E-state index < -0.39 is 15.9 Å². The number of hydrogen-bond acceptors (Lipinski definition) is 5. The number of sulfonamides is 1. The van der Waals surface area contributed by atoms with Gasteiger partial charge in [0.15, 0.2) is 5.76 Å². The molecule has 1 amide bonds. The van der Waals surface area contributed by atoms with Crippen LogP contribution in [0.5, 0.6) is 0 Å². The van der Waals surface area contributed by atoms with E-state index in [0.29, 0.717) is 13.1 Å². The number of carbonyl (C=O) groups is 1. The predicted molar refractivity (Wildman–Crippen MR) is 76.4 cm³/mol. The first-order valence-corrected chi connectivity index (χ1v) is 8.44. The lowest BCUT2D eigenvalue weighted by Gasteiger charge is -2.34. The zero-order valence-corrected chi connectivity index (χ0v) is 12.9. The first-order valence-electron chi connectivity index (χ1n) is 6.83. The lowest BCUT2D eigenvalue weighted by Crippen LogP contribution is -2.49. The molecule has 1 aliphatic rings. The zero-order chi connectivity index (χ0) is 15.5. The van der Waals surface area contributed by atoms with Crippen LogP contribution in [0.15, 0.2) is 22.8 Å². The highest BCUT2D eigenvalue weighted by Crippen LogP contribution is 2.14. The van der Waals surface area contributed by atoms with E-state index >= 15 is 0 Å². The second-order valence-corrected chi connectivity index (χ2v) is 7.21. The fourth-order valence-electron chi connectivity index (χ4n) is 2.28. The van der Waals surface area contributed by atoms with Crippen LogP contribution >= 0.6 is 0 Å². The Balaban J connectivity index is 1.85. The van der Waals surface area contributed by atoms with Crippen LogP contribution in [0.25, 0.3) is 0 Å². The van der Waals surface area contributed by atoms with Crippen molar-refractivity contribution < 1.29 is 22.4 Å². The van der Waals surface area contributed by atoms with Crippen LogP contribution in [0.2, 0.25) is 0 Å². The van der Waals surface area contributed by atoms with Crippen molar-refractivity contribution in [3.05, 3.63) is 24.2 Å². The maximum Gasteiger partial charge on any atom is 0.287 e. The van der Waals surface area contributed by atoms with Gasteiger partial charge in [-0.25, -0.2) is 8.42 Å².